The van der Waals surface area contributed by atoms with Gasteiger partial charge in [-0.2, -0.15) is 0 Å². The number of ketones is 1. The van der Waals surface area contributed by atoms with Gasteiger partial charge in [0.2, 0.25) is 0 Å². The molecule has 0 aromatic heterocycles. The zero-order valence-electron chi connectivity index (χ0n) is 18.7. The van der Waals surface area contributed by atoms with Crippen molar-refractivity contribution in [1.29, 1.82) is 0 Å². The Morgan fingerprint density at radius 2 is 1.50 bits per heavy atom. The van der Waals surface area contributed by atoms with Crippen molar-refractivity contribution in [3.63, 3.8) is 0 Å². The first-order valence-corrected chi connectivity index (χ1v) is 10.9. The summed E-state index contributed by atoms with van der Waals surface area (Å²) >= 11 is 0. The van der Waals surface area contributed by atoms with Crippen molar-refractivity contribution in [2.24, 2.45) is 0 Å². The minimum Gasteiger partial charge on any atom is -0.494 e. The molecule has 0 aliphatic rings. The van der Waals surface area contributed by atoms with Crippen LogP contribution in [0.25, 0.3) is 6.08 Å². The lowest BCUT2D eigenvalue weighted by Crippen LogP contribution is -2.02. The summed E-state index contributed by atoms with van der Waals surface area (Å²) in [6, 6.07) is 11.2. The Hall–Kier alpha value is -2.75. The topological polar surface area (TPSA) is 44.8 Å². The van der Waals surface area contributed by atoms with E-state index in [2.05, 4.69) is 13.8 Å². The third-order valence-electron chi connectivity index (χ3n) is 4.68. The molecule has 0 aliphatic heterocycles. The molecular weight excluding hydrogens is 376 g/mol. The van der Waals surface area contributed by atoms with E-state index in [0.717, 1.165) is 54.1 Å². The van der Waals surface area contributed by atoms with Gasteiger partial charge in [-0.3, -0.25) is 4.79 Å². The quantitative estimate of drug-likeness (QED) is 0.211. The molecule has 0 heterocycles. The van der Waals surface area contributed by atoms with E-state index in [1.54, 1.807) is 18.2 Å². The highest BCUT2D eigenvalue weighted by Gasteiger charge is 2.10. The van der Waals surface area contributed by atoms with Crippen molar-refractivity contribution in [3.05, 3.63) is 59.2 Å². The molecule has 0 radical (unpaired) electrons. The monoisotopic (exact) mass is 410 g/mol. The van der Waals surface area contributed by atoms with Gasteiger partial charge >= 0.3 is 0 Å². The Morgan fingerprint density at radius 1 is 0.867 bits per heavy atom. The smallest absolute Gasteiger partial charge is 0.185 e. The third-order valence-corrected chi connectivity index (χ3v) is 4.68. The molecule has 4 nitrogen and oxygen atoms in total. The summed E-state index contributed by atoms with van der Waals surface area (Å²) in [5.74, 6) is 2.29. The molecule has 0 saturated heterocycles. The second kappa shape index (κ2) is 12.7. The molecule has 0 amide bonds. The summed E-state index contributed by atoms with van der Waals surface area (Å²) < 4.78 is 17.4. The van der Waals surface area contributed by atoms with Crippen LogP contribution in [0.4, 0.5) is 0 Å². The third kappa shape index (κ3) is 7.25. The fourth-order valence-corrected chi connectivity index (χ4v) is 2.90. The Morgan fingerprint density at radius 3 is 2.10 bits per heavy atom. The fourth-order valence-electron chi connectivity index (χ4n) is 2.90. The van der Waals surface area contributed by atoms with Crippen LogP contribution in [0.1, 0.15) is 67.9 Å². The SMILES string of the molecule is CCCCOc1cc(OCCCC)c(/C=C/C(=O)c2ccc(OCC)cc2)cc1C. The number of hydrogen-bond donors (Lipinski definition) is 0. The fraction of sp³-hybridized carbons (Fsp3) is 0.423. The molecule has 0 saturated carbocycles. The van der Waals surface area contributed by atoms with E-state index < -0.39 is 0 Å². The highest BCUT2D eigenvalue weighted by Crippen LogP contribution is 2.30. The van der Waals surface area contributed by atoms with E-state index in [4.69, 9.17) is 14.2 Å². The van der Waals surface area contributed by atoms with Gasteiger partial charge < -0.3 is 14.2 Å². The maximum absolute atomic E-state index is 12.6. The standard InChI is InChI=1S/C26H34O4/c1-5-8-16-29-25-19-26(30-17-9-6-2)22(18-20(25)4)12-15-24(27)21-10-13-23(14-11-21)28-7-3/h10-15,18-19H,5-9,16-17H2,1-4H3/b15-12+. The Kier molecular flexibility index (Phi) is 9.99. The van der Waals surface area contributed by atoms with Crippen LogP contribution in [0.5, 0.6) is 17.2 Å². The van der Waals surface area contributed by atoms with E-state index in [-0.39, 0.29) is 5.78 Å². The number of carbonyl (C=O) groups is 1. The molecule has 0 N–H and O–H groups in total. The van der Waals surface area contributed by atoms with Crippen LogP contribution in [0.15, 0.2) is 42.5 Å². The molecule has 0 atom stereocenters. The minimum atomic E-state index is -0.0570. The van der Waals surface area contributed by atoms with Gasteiger partial charge in [0.15, 0.2) is 5.78 Å². The van der Waals surface area contributed by atoms with Gasteiger partial charge in [-0.1, -0.05) is 26.7 Å². The number of aryl methyl sites for hydroxylation is 1. The summed E-state index contributed by atoms with van der Waals surface area (Å²) in [5, 5.41) is 0. The van der Waals surface area contributed by atoms with Crippen LogP contribution < -0.4 is 14.2 Å². The average Bonchev–Trinajstić information content (AvgIpc) is 2.75. The number of allylic oxidation sites excluding steroid dienone is 1. The first-order chi connectivity index (χ1) is 14.6. The molecular formula is C26H34O4. The lowest BCUT2D eigenvalue weighted by molar-refractivity contribution is 0.104. The molecule has 2 aromatic rings. The molecule has 0 unspecified atom stereocenters. The summed E-state index contributed by atoms with van der Waals surface area (Å²) in [6.07, 6.45) is 7.57. The molecule has 0 bridgehead atoms. The zero-order chi connectivity index (χ0) is 21.8. The molecule has 30 heavy (non-hydrogen) atoms. The minimum absolute atomic E-state index is 0.0570. The van der Waals surface area contributed by atoms with Crippen LogP contribution in [-0.2, 0) is 0 Å². The van der Waals surface area contributed by atoms with Gasteiger partial charge in [-0.25, -0.2) is 0 Å². The average molecular weight is 411 g/mol. The van der Waals surface area contributed by atoms with E-state index >= 15 is 0 Å². The van der Waals surface area contributed by atoms with Crippen molar-refractivity contribution >= 4 is 11.9 Å². The number of unbranched alkanes of at least 4 members (excludes halogenated alkanes) is 2. The van der Waals surface area contributed by atoms with Crippen molar-refractivity contribution in [2.75, 3.05) is 19.8 Å². The normalized spacial score (nSPS) is 10.9. The molecule has 0 fully saturated rings. The molecule has 0 spiro atoms. The lowest BCUT2D eigenvalue weighted by Gasteiger charge is -2.14. The number of carbonyl (C=O) groups excluding carboxylic acids is 1. The largest absolute Gasteiger partial charge is 0.494 e. The van der Waals surface area contributed by atoms with E-state index in [1.807, 2.05) is 44.2 Å². The van der Waals surface area contributed by atoms with E-state index in [0.29, 0.717) is 25.4 Å². The predicted octanol–water partition coefficient (Wildman–Crippen LogP) is 6.65. The highest BCUT2D eigenvalue weighted by molar-refractivity contribution is 6.07. The summed E-state index contributed by atoms with van der Waals surface area (Å²) in [6.45, 7) is 10.2. The van der Waals surface area contributed by atoms with E-state index in [9.17, 15) is 4.79 Å². The molecule has 0 aliphatic carbocycles. The van der Waals surface area contributed by atoms with Crippen LogP contribution in [0.2, 0.25) is 0 Å². The Bertz CT molecular complexity index is 822. The first-order valence-electron chi connectivity index (χ1n) is 10.9. The number of benzene rings is 2. The lowest BCUT2D eigenvalue weighted by atomic mass is 10.1. The maximum atomic E-state index is 12.6. The number of rotatable bonds is 13. The van der Waals surface area contributed by atoms with Gasteiger partial charge in [-0.15, -0.1) is 0 Å². The summed E-state index contributed by atoms with van der Waals surface area (Å²) in [4.78, 5) is 12.6. The number of ether oxygens (including phenoxy) is 3. The molecule has 4 heteroatoms. The van der Waals surface area contributed by atoms with E-state index in [1.165, 1.54) is 0 Å². The second-order valence-electron chi connectivity index (χ2n) is 7.21. The summed E-state index contributed by atoms with van der Waals surface area (Å²) in [5.41, 5.74) is 2.53. The first kappa shape index (κ1) is 23.5. The van der Waals surface area contributed by atoms with Crippen LogP contribution in [-0.4, -0.2) is 25.6 Å². The number of hydrogen-bond acceptors (Lipinski definition) is 4. The van der Waals surface area contributed by atoms with Crippen molar-refractivity contribution in [3.8, 4) is 17.2 Å². The molecule has 2 aromatic carbocycles. The Labute approximate surface area is 180 Å². The van der Waals surface area contributed by atoms with Crippen molar-refractivity contribution < 1.29 is 19.0 Å². The van der Waals surface area contributed by atoms with Gasteiger partial charge in [0.25, 0.3) is 0 Å². The molecule has 2 rings (SSSR count). The van der Waals surface area contributed by atoms with Crippen molar-refractivity contribution in [1.82, 2.24) is 0 Å². The highest BCUT2D eigenvalue weighted by atomic mass is 16.5. The molecule has 162 valence electrons. The van der Waals surface area contributed by atoms with Gasteiger partial charge in [0, 0.05) is 17.2 Å². The maximum Gasteiger partial charge on any atom is 0.185 e. The second-order valence-corrected chi connectivity index (χ2v) is 7.21. The van der Waals surface area contributed by atoms with Gasteiger partial charge in [-0.05, 0) is 74.7 Å². The van der Waals surface area contributed by atoms with Crippen LogP contribution in [0, 0.1) is 6.92 Å². The van der Waals surface area contributed by atoms with Crippen LogP contribution in [0.3, 0.4) is 0 Å². The van der Waals surface area contributed by atoms with Gasteiger partial charge in [0.1, 0.15) is 17.2 Å². The summed E-state index contributed by atoms with van der Waals surface area (Å²) in [7, 11) is 0. The van der Waals surface area contributed by atoms with Gasteiger partial charge in [0.05, 0.1) is 19.8 Å². The van der Waals surface area contributed by atoms with Crippen LogP contribution >= 0.6 is 0 Å². The van der Waals surface area contributed by atoms with Crippen molar-refractivity contribution in [2.45, 2.75) is 53.4 Å². The zero-order valence-corrected chi connectivity index (χ0v) is 18.7. The Balaban J connectivity index is 2.19. The predicted molar refractivity (Wildman–Crippen MR) is 123 cm³/mol.